The Morgan fingerprint density at radius 2 is 2.06 bits per heavy atom. The molecule has 0 radical (unpaired) electrons. The van der Waals surface area contributed by atoms with Crippen LogP contribution in [-0.4, -0.2) is 62.3 Å². The molecule has 0 aromatic heterocycles. The van der Waals surface area contributed by atoms with Gasteiger partial charge in [0.05, 0.1) is 18.1 Å². The molecule has 1 amide bonds. The molecule has 4 aliphatic rings. The quantitative estimate of drug-likeness (QED) is 0.522. The Balaban J connectivity index is 1.35. The fourth-order valence-electron chi connectivity index (χ4n) is 5.48. The zero-order valence-electron chi connectivity index (χ0n) is 17.4. The minimum atomic E-state index is -0.697. The van der Waals surface area contributed by atoms with Crippen LogP contribution in [-0.2, 0) is 16.0 Å². The highest BCUT2D eigenvalue weighted by Gasteiger charge is 2.58. The van der Waals surface area contributed by atoms with E-state index in [2.05, 4.69) is 17.5 Å². The summed E-state index contributed by atoms with van der Waals surface area (Å²) >= 11 is 5.59. The molecule has 0 saturated carbocycles. The van der Waals surface area contributed by atoms with Gasteiger partial charge in [-0.1, -0.05) is 43.8 Å². The van der Waals surface area contributed by atoms with Crippen LogP contribution in [0.4, 0.5) is 0 Å². The first kappa shape index (κ1) is 21.2. The van der Waals surface area contributed by atoms with Gasteiger partial charge < -0.3 is 5.11 Å². The van der Waals surface area contributed by atoms with Gasteiger partial charge in [0.25, 0.3) is 0 Å². The Hall–Kier alpha value is -1.61. The lowest BCUT2D eigenvalue weighted by Crippen LogP contribution is -2.61. The average Bonchev–Trinajstić information content (AvgIpc) is 3.37. The Kier molecular flexibility index (Phi) is 5.53. The molecule has 1 aromatic carbocycles. The Bertz CT molecular complexity index is 994. The molecule has 2 fully saturated rings. The predicted molar refractivity (Wildman–Crippen MR) is 122 cm³/mol. The largest absolute Gasteiger partial charge is 0.392 e. The third-order valence-electron chi connectivity index (χ3n) is 7.15. The molecule has 1 aromatic rings. The van der Waals surface area contributed by atoms with E-state index in [1.54, 1.807) is 0 Å². The number of rotatable bonds is 5. The van der Waals surface area contributed by atoms with Crippen LogP contribution in [0.5, 0.6) is 0 Å². The lowest BCUT2D eigenvalue weighted by molar-refractivity contribution is -0.154. The maximum atomic E-state index is 13.1. The Morgan fingerprint density at radius 1 is 1.29 bits per heavy atom. The molecule has 164 valence electrons. The number of carbonyl (C=O) groups excluding carboxylic acids is 3. The number of benzene rings is 1. The third-order valence-corrected chi connectivity index (χ3v) is 8.88. The highest BCUT2D eigenvalue weighted by atomic mass is 32.2. The van der Waals surface area contributed by atoms with Gasteiger partial charge >= 0.3 is 0 Å². The maximum Gasteiger partial charge on any atom is 0.236 e. The number of ketones is 1. The van der Waals surface area contributed by atoms with Crippen molar-refractivity contribution in [1.82, 2.24) is 9.80 Å². The second kappa shape index (κ2) is 8.06. The molecule has 6 nitrogen and oxygen atoms in total. The highest BCUT2D eigenvalue weighted by molar-refractivity contribution is 8.04. The number of thioether (sulfide) groups is 1. The van der Waals surface area contributed by atoms with Gasteiger partial charge in [-0.05, 0) is 37.8 Å². The van der Waals surface area contributed by atoms with E-state index in [0.717, 1.165) is 41.8 Å². The number of hydrogen-bond donors (Lipinski definition) is 2. The summed E-state index contributed by atoms with van der Waals surface area (Å²) in [6.07, 6.45) is 2.35. The van der Waals surface area contributed by atoms with Crippen molar-refractivity contribution in [3.8, 4) is 0 Å². The minimum absolute atomic E-state index is 0.0962. The number of hydrogen-bond acceptors (Lipinski definition) is 6. The first-order valence-corrected chi connectivity index (χ1v) is 12.3. The zero-order valence-corrected chi connectivity index (χ0v) is 19.1. The summed E-state index contributed by atoms with van der Waals surface area (Å²) in [7, 11) is 0. The molecule has 3 heterocycles. The van der Waals surface area contributed by atoms with Gasteiger partial charge in [0.2, 0.25) is 11.0 Å². The molecule has 5 rings (SSSR count). The smallest absolute Gasteiger partial charge is 0.236 e. The van der Waals surface area contributed by atoms with Gasteiger partial charge in [0.1, 0.15) is 11.1 Å². The number of thiol groups is 1. The number of amides is 1. The number of carbonyl (C=O) groups is 3. The SMILES string of the molecule is CC[C@H](O)[C@@H]1C(=O)N2C(C(=O)S)=C([C@H]3CCN(C4CCc5ccccc5C4=O)C3)S[C@H]12. The third kappa shape index (κ3) is 3.30. The van der Waals surface area contributed by atoms with Gasteiger partial charge in [0, 0.05) is 22.9 Å². The van der Waals surface area contributed by atoms with Crippen LogP contribution in [0.3, 0.4) is 0 Å². The number of aliphatic hydroxyl groups is 1. The number of likely N-dealkylation sites (tertiary alicyclic amines) is 1. The van der Waals surface area contributed by atoms with E-state index in [4.69, 9.17) is 0 Å². The van der Waals surface area contributed by atoms with Crippen molar-refractivity contribution in [2.45, 2.75) is 50.1 Å². The van der Waals surface area contributed by atoms with E-state index in [0.29, 0.717) is 18.7 Å². The van der Waals surface area contributed by atoms with E-state index in [1.165, 1.54) is 16.7 Å². The monoisotopic (exact) mass is 458 g/mol. The normalized spacial score (nSPS) is 31.5. The van der Waals surface area contributed by atoms with Crippen LogP contribution in [0, 0.1) is 11.8 Å². The van der Waals surface area contributed by atoms with Gasteiger partial charge in [-0.2, -0.15) is 0 Å². The van der Waals surface area contributed by atoms with E-state index in [9.17, 15) is 19.5 Å². The van der Waals surface area contributed by atoms with Crippen molar-refractivity contribution < 1.29 is 19.5 Å². The number of aryl methyl sites for hydroxylation is 1. The highest BCUT2D eigenvalue weighted by Crippen LogP contribution is 2.54. The summed E-state index contributed by atoms with van der Waals surface area (Å²) in [5.74, 6) is -0.373. The maximum absolute atomic E-state index is 13.1. The Labute approximate surface area is 191 Å². The molecule has 3 aliphatic heterocycles. The van der Waals surface area contributed by atoms with Crippen molar-refractivity contribution >= 4 is 41.2 Å². The molecular weight excluding hydrogens is 432 g/mol. The van der Waals surface area contributed by atoms with Crippen LogP contribution < -0.4 is 0 Å². The van der Waals surface area contributed by atoms with Crippen molar-refractivity contribution in [1.29, 1.82) is 0 Å². The number of β-lactam (4-membered cyclic amide) rings is 1. The zero-order chi connectivity index (χ0) is 21.9. The van der Waals surface area contributed by atoms with Crippen molar-refractivity contribution in [2.24, 2.45) is 11.8 Å². The summed E-state index contributed by atoms with van der Waals surface area (Å²) in [5, 5.41) is 9.64. The number of fused-ring (bicyclic) bond motifs is 2. The van der Waals surface area contributed by atoms with Crippen LogP contribution >= 0.6 is 24.4 Å². The molecule has 0 bridgehead atoms. The van der Waals surface area contributed by atoms with E-state index in [-0.39, 0.29) is 29.0 Å². The molecular formula is C23H26N2O4S2. The van der Waals surface area contributed by atoms with Gasteiger partial charge in [0.15, 0.2) is 5.78 Å². The Morgan fingerprint density at radius 3 is 2.81 bits per heavy atom. The summed E-state index contributed by atoms with van der Waals surface area (Å²) in [6.45, 7) is 3.34. The number of nitrogens with zero attached hydrogens (tertiary/aromatic N) is 2. The minimum Gasteiger partial charge on any atom is -0.392 e. The molecule has 31 heavy (non-hydrogen) atoms. The topological polar surface area (TPSA) is 77.9 Å². The average molecular weight is 459 g/mol. The van der Waals surface area contributed by atoms with Crippen LogP contribution in [0.2, 0.25) is 0 Å². The molecule has 1 N–H and O–H groups in total. The first-order valence-electron chi connectivity index (χ1n) is 10.9. The summed E-state index contributed by atoms with van der Waals surface area (Å²) in [4.78, 5) is 42.8. The van der Waals surface area contributed by atoms with Crippen molar-refractivity contribution in [3.63, 3.8) is 0 Å². The molecule has 2 saturated heterocycles. The number of aliphatic hydroxyl groups excluding tert-OH is 1. The molecule has 1 aliphatic carbocycles. The fraction of sp³-hybridized carbons (Fsp3) is 0.522. The van der Waals surface area contributed by atoms with Gasteiger partial charge in [-0.25, -0.2) is 0 Å². The van der Waals surface area contributed by atoms with Crippen molar-refractivity contribution in [2.75, 3.05) is 13.1 Å². The van der Waals surface area contributed by atoms with Crippen LogP contribution in [0.15, 0.2) is 34.9 Å². The van der Waals surface area contributed by atoms with E-state index < -0.39 is 17.1 Å². The standard InChI is InChI=1S/C23H26N2O4S2/c1-2-16(26)17-21(28)25-18(23(29)30)20(31-22(17)25)13-9-10-24(11-13)15-8-7-12-5-3-4-6-14(12)19(15)27/h3-6,13,15-17,22,26H,2,7-11H2,1H3,(H,29,30)/t13-,15?,16-,17+,22+/m0/s1. The number of Topliss-reactive ketones (excluding diaryl/α,β-unsaturated/α-hetero) is 1. The van der Waals surface area contributed by atoms with Crippen molar-refractivity contribution in [3.05, 3.63) is 46.0 Å². The fourth-order valence-corrected chi connectivity index (χ4v) is 7.49. The molecule has 0 spiro atoms. The molecule has 8 heteroatoms. The summed E-state index contributed by atoms with van der Waals surface area (Å²) in [5.41, 5.74) is 2.34. The van der Waals surface area contributed by atoms with Gasteiger partial charge in [-0.15, -0.1) is 11.8 Å². The second-order valence-corrected chi connectivity index (χ2v) is 10.4. The molecule has 1 unspecified atom stereocenters. The lowest BCUT2D eigenvalue weighted by Gasteiger charge is -2.44. The van der Waals surface area contributed by atoms with E-state index in [1.807, 2.05) is 31.2 Å². The predicted octanol–water partition coefficient (Wildman–Crippen LogP) is 2.48. The summed E-state index contributed by atoms with van der Waals surface area (Å²) in [6, 6.07) is 7.71. The summed E-state index contributed by atoms with van der Waals surface area (Å²) < 4.78 is 0. The second-order valence-electron chi connectivity index (χ2n) is 8.79. The molecule has 5 atom stereocenters. The van der Waals surface area contributed by atoms with Gasteiger partial charge in [-0.3, -0.25) is 24.2 Å². The lowest BCUT2D eigenvalue weighted by atomic mass is 9.86. The van der Waals surface area contributed by atoms with E-state index >= 15 is 0 Å². The van der Waals surface area contributed by atoms with Crippen LogP contribution in [0.25, 0.3) is 0 Å². The first-order chi connectivity index (χ1) is 14.9. The van der Waals surface area contributed by atoms with Crippen LogP contribution in [0.1, 0.15) is 42.1 Å².